The van der Waals surface area contributed by atoms with Crippen LogP contribution in [0.4, 0.5) is 0 Å². The fraction of sp³-hybridized carbons (Fsp3) is 0.391. The maximum Gasteiger partial charge on any atom is 0.251 e. The number of amides is 2. The average Bonchev–Trinajstić information content (AvgIpc) is 2.78. The van der Waals surface area contributed by atoms with Crippen molar-refractivity contribution in [3.8, 4) is 11.5 Å². The summed E-state index contributed by atoms with van der Waals surface area (Å²) in [7, 11) is 1.63. The monoisotopic (exact) mass is 396 g/mol. The molecule has 0 unspecified atom stereocenters. The van der Waals surface area contributed by atoms with E-state index in [0.717, 1.165) is 24.3 Å². The minimum atomic E-state index is -0.0499. The zero-order chi connectivity index (χ0) is 20.5. The number of likely N-dealkylation sites (tertiary alicyclic amines) is 1. The molecule has 6 heteroatoms. The van der Waals surface area contributed by atoms with E-state index in [4.69, 9.17) is 9.47 Å². The van der Waals surface area contributed by atoms with Gasteiger partial charge in [-0.2, -0.15) is 0 Å². The fourth-order valence-electron chi connectivity index (χ4n) is 3.37. The van der Waals surface area contributed by atoms with Crippen LogP contribution in [0.5, 0.6) is 11.5 Å². The third-order valence-corrected chi connectivity index (χ3v) is 5.08. The molecule has 1 aliphatic heterocycles. The lowest BCUT2D eigenvalue weighted by Gasteiger charge is -2.32. The Hall–Kier alpha value is -3.02. The van der Waals surface area contributed by atoms with Gasteiger partial charge in [0.05, 0.1) is 13.7 Å². The van der Waals surface area contributed by atoms with Crippen LogP contribution in [-0.2, 0) is 4.79 Å². The number of ether oxygens (including phenoxy) is 2. The van der Waals surface area contributed by atoms with Crippen LogP contribution in [0.1, 0.15) is 36.0 Å². The molecule has 0 aromatic heterocycles. The van der Waals surface area contributed by atoms with E-state index in [9.17, 15) is 9.59 Å². The van der Waals surface area contributed by atoms with Crippen LogP contribution >= 0.6 is 0 Å². The van der Waals surface area contributed by atoms with Crippen molar-refractivity contribution in [3.63, 3.8) is 0 Å². The van der Waals surface area contributed by atoms with E-state index in [0.29, 0.717) is 38.1 Å². The lowest BCUT2D eigenvalue weighted by Crippen LogP contribution is -2.46. The van der Waals surface area contributed by atoms with Crippen molar-refractivity contribution in [2.75, 3.05) is 26.8 Å². The van der Waals surface area contributed by atoms with Crippen molar-refractivity contribution in [1.82, 2.24) is 10.2 Å². The first-order chi connectivity index (χ1) is 14.2. The Bertz CT molecular complexity index is 784. The highest BCUT2D eigenvalue weighted by molar-refractivity contribution is 5.94. The Balaban J connectivity index is 1.32. The molecular formula is C23H28N2O4. The van der Waals surface area contributed by atoms with Crippen LogP contribution in [0.25, 0.3) is 0 Å². The summed E-state index contributed by atoms with van der Waals surface area (Å²) in [4.78, 5) is 26.5. The van der Waals surface area contributed by atoms with Gasteiger partial charge in [-0.3, -0.25) is 9.59 Å². The lowest BCUT2D eigenvalue weighted by atomic mass is 10.0. The van der Waals surface area contributed by atoms with Gasteiger partial charge in [0.15, 0.2) is 0 Å². The summed E-state index contributed by atoms with van der Waals surface area (Å²) in [6, 6.07) is 16.7. The van der Waals surface area contributed by atoms with Crippen LogP contribution in [0.3, 0.4) is 0 Å². The van der Waals surface area contributed by atoms with Crippen LogP contribution in [-0.4, -0.2) is 49.6 Å². The molecular weight excluding hydrogens is 368 g/mol. The third kappa shape index (κ3) is 6.24. The molecule has 2 aromatic rings. The van der Waals surface area contributed by atoms with E-state index in [-0.39, 0.29) is 17.9 Å². The Morgan fingerprint density at radius 2 is 1.66 bits per heavy atom. The molecule has 1 saturated heterocycles. The summed E-state index contributed by atoms with van der Waals surface area (Å²) in [5.41, 5.74) is 0.669. The number of methoxy groups -OCH3 is 1. The molecule has 6 nitrogen and oxygen atoms in total. The van der Waals surface area contributed by atoms with Crippen molar-refractivity contribution in [3.05, 3.63) is 60.2 Å². The quantitative estimate of drug-likeness (QED) is 0.696. The van der Waals surface area contributed by atoms with Gasteiger partial charge in [0.25, 0.3) is 5.91 Å². The largest absolute Gasteiger partial charge is 0.497 e. The van der Waals surface area contributed by atoms with Crippen LogP contribution in [0.2, 0.25) is 0 Å². The van der Waals surface area contributed by atoms with Gasteiger partial charge in [-0.15, -0.1) is 0 Å². The Labute approximate surface area is 171 Å². The number of carbonyl (C=O) groups is 2. The van der Waals surface area contributed by atoms with Crippen molar-refractivity contribution in [1.29, 1.82) is 0 Å². The van der Waals surface area contributed by atoms with Crippen LogP contribution in [0, 0.1) is 0 Å². The number of benzene rings is 2. The standard InChI is InChI=1S/C23H28N2O4/c1-28-20-9-11-21(12-10-20)29-17-5-8-22(26)25-15-13-19(14-16-25)24-23(27)18-6-3-2-4-7-18/h2-4,6-7,9-12,19H,5,8,13-17H2,1H3,(H,24,27). The zero-order valence-electron chi connectivity index (χ0n) is 16.8. The van der Waals surface area contributed by atoms with E-state index < -0.39 is 0 Å². The second-order valence-electron chi connectivity index (χ2n) is 7.12. The highest BCUT2D eigenvalue weighted by Crippen LogP contribution is 2.18. The van der Waals surface area contributed by atoms with Gasteiger partial charge in [-0.25, -0.2) is 0 Å². The molecule has 2 aromatic carbocycles. The molecule has 0 bridgehead atoms. The predicted molar refractivity (Wildman–Crippen MR) is 111 cm³/mol. The number of carbonyl (C=O) groups excluding carboxylic acids is 2. The van der Waals surface area contributed by atoms with Gasteiger partial charge < -0.3 is 19.7 Å². The number of hydrogen-bond donors (Lipinski definition) is 1. The highest BCUT2D eigenvalue weighted by Gasteiger charge is 2.23. The molecule has 0 aliphatic carbocycles. The smallest absolute Gasteiger partial charge is 0.251 e. The second kappa shape index (κ2) is 10.5. The van der Waals surface area contributed by atoms with Gasteiger partial charge in [0.1, 0.15) is 11.5 Å². The molecule has 0 saturated carbocycles. The summed E-state index contributed by atoms with van der Waals surface area (Å²) >= 11 is 0. The number of hydrogen-bond acceptors (Lipinski definition) is 4. The summed E-state index contributed by atoms with van der Waals surface area (Å²) in [6.45, 7) is 1.86. The van der Waals surface area contributed by atoms with Crippen molar-refractivity contribution in [2.24, 2.45) is 0 Å². The zero-order valence-corrected chi connectivity index (χ0v) is 16.8. The normalized spacial score (nSPS) is 14.3. The molecule has 2 amide bonds. The first-order valence-electron chi connectivity index (χ1n) is 10.1. The number of nitrogens with one attached hydrogen (secondary N) is 1. The SMILES string of the molecule is COc1ccc(OCCCC(=O)N2CCC(NC(=O)c3ccccc3)CC2)cc1. The number of piperidine rings is 1. The molecule has 1 heterocycles. The Morgan fingerprint density at radius 1 is 1.00 bits per heavy atom. The topological polar surface area (TPSA) is 67.9 Å². The van der Waals surface area contributed by atoms with Gasteiger partial charge in [0.2, 0.25) is 5.91 Å². The van der Waals surface area contributed by atoms with E-state index in [1.807, 2.05) is 59.5 Å². The maximum atomic E-state index is 12.4. The van der Waals surface area contributed by atoms with Gasteiger partial charge in [0, 0.05) is 31.1 Å². The Morgan fingerprint density at radius 3 is 2.31 bits per heavy atom. The van der Waals surface area contributed by atoms with Gasteiger partial charge in [-0.05, 0) is 55.7 Å². The number of rotatable bonds is 8. The average molecular weight is 396 g/mol. The van der Waals surface area contributed by atoms with Gasteiger partial charge >= 0.3 is 0 Å². The second-order valence-corrected chi connectivity index (χ2v) is 7.12. The molecule has 1 aliphatic rings. The molecule has 1 N–H and O–H groups in total. The lowest BCUT2D eigenvalue weighted by molar-refractivity contribution is -0.132. The summed E-state index contributed by atoms with van der Waals surface area (Å²) < 4.78 is 10.8. The van der Waals surface area contributed by atoms with Crippen molar-refractivity contribution < 1.29 is 19.1 Å². The highest BCUT2D eigenvalue weighted by atomic mass is 16.5. The van der Waals surface area contributed by atoms with Crippen molar-refractivity contribution >= 4 is 11.8 Å². The van der Waals surface area contributed by atoms with E-state index in [1.54, 1.807) is 7.11 Å². The van der Waals surface area contributed by atoms with E-state index in [1.165, 1.54) is 0 Å². The minimum Gasteiger partial charge on any atom is -0.497 e. The van der Waals surface area contributed by atoms with Crippen LogP contribution < -0.4 is 14.8 Å². The molecule has 29 heavy (non-hydrogen) atoms. The van der Waals surface area contributed by atoms with E-state index in [2.05, 4.69) is 5.32 Å². The van der Waals surface area contributed by atoms with Crippen LogP contribution in [0.15, 0.2) is 54.6 Å². The summed E-state index contributed by atoms with van der Waals surface area (Å²) in [5.74, 6) is 1.66. The first-order valence-corrected chi connectivity index (χ1v) is 10.1. The molecule has 0 spiro atoms. The summed E-state index contributed by atoms with van der Waals surface area (Å²) in [5, 5.41) is 3.07. The maximum absolute atomic E-state index is 12.4. The molecule has 1 fully saturated rings. The molecule has 0 atom stereocenters. The molecule has 0 radical (unpaired) electrons. The fourth-order valence-corrected chi connectivity index (χ4v) is 3.37. The minimum absolute atomic E-state index is 0.0499. The predicted octanol–water partition coefficient (Wildman–Crippen LogP) is 3.28. The first kappa shape index (κ1) is 20.7. The summed E-state index contributed by atoms with van der Waals surface area (Å²) in [6.07, 6.45) is 2.71. The number of nitrogens with zero attached hydrogens (tertiary/aromatic N) is 1. The molecule has 3 rings (SSSR count). The third-order valence-electron chi connectivity index (χ3n) is 5.08. The Kier molecular flexibility index (Phi) is 7.50. The van der Waals surface area contributed by atoms with E-state index >= 15 is 0 Å². The molecule has 154 valence electrons. The van der Waals surface area contributed by atoms with Gasteiger partial charge in [-0.1, -0.05) is 18.2 Å². The van der Waals surface area contributed by atoms with Crippen molar-refractivity contribution in [2.45, 2.75) is 31.7 Å².